The Morgan fingerprint density at radius 1 is 1.15 bits per heavy atom. The summed E-state index contributed by atoms with van der Waals surface area (Å²) >= 11 is 24.7. The molecular formula is C22H15Cl4F3N2OS. The fraction of sp³-hybridized carbons (Fsp3) is 0.182. The van der Waals surface area contributed by atoms with E-state index in [1.165, 1.54) is 17.4 Å². The van der Waals surface area contributed by atoms with Gasteiger partial charge in [0.2, 0.25) is 0 Å². The van der Waals surface area contributed by atoms with Gasteiger partial charge in [0.05, 0.1) is 27.5 Å². The molecule has 1 atom stereocenters. The lowest BCUT2D eigenvalue weighted by atomic mass is 9.96. The Morgan fingerprint density at radius 2 is 1.82 bits per heavy atom. The highest BCUT2D eigenvalue weighted by molar-refractivity contribution is 7.15. The number of aryl methyl sites for hydroxylation is 1. The number of carbonyl (C=O) groups is 1. The standard InChI is InChI=1S/C22H15Cl4F3N2OS/c1-11-6-12(2-4-15(11)20(32)30-9-14-10-31-21(26)33-14)3-5-16(22(27,28)29)13-7-17(23)19(25)18(24)8-13/h2-8,10,16H,9H2,1H3,(H,30,32). The Kier molecular flexibility index (Phi) is 8.35. The first kappa shape index (κ1) is 25.8. The van der Waals surface area contributed by atoms with Crippen LogP contribution >= 0.6 is 57.7 Å². The molecule has 0 spiro atoms. The molecule has 3 aromatic rings. The number of aromatic nitrogens is 1. The van der Waals surface area contributed by atoms with Crippen LogP contribution in [-0.4, -0.2) is 17.1 Å². The Balaban J connectivity index is 1.79. The molecule has 1 amide bonds. The Morgan fingerprint density at radius 3 is 2.36 bits per heavy atom. The van der Waals surface area contributed by atoms with E-state index in [0.29, 0.717) is 21.2 Å². The van der Waals surface area contributed by atoms with Gasteiger partial charge in [0.25, 0.3) is 5.91 Å². The van der Waals surface area contributed by atoms with E-state index in [-0.39, 0.29) is 33.1 Å². The van der Waals surface area contributed by atoms with Crippen LogP contribution in [0.15, 0.2) is 42.6 Å². The van der Waals surface area contributed by atoms with Gasteiger partial charge in [0.1, 0.15) is 0 Å². The Hall–Kier alpha value is -1.77. The van der Waals surface area contributed by atoms with Crippen molar-refractivity contribution in [2.75, 3.05) is 0 Å². The topological polar surface area (TPSA) is 42.0 Å². The van der Waals surface area contributed by atoms with Crippen LogP contribution in [0.4, 0.5) is 13.2 Å². The summed E-state index contributed by atoms with van der Waals surface area (Å²) in [7, 11) is 0. The molecule has 0 aliphatic rings. The van der Waals surface area contributed by atoms with E-state index in [4.69, 9.17) is 46.4 Å². The SMILES string of the molecule is Cc1cc(C=CC(c2cc(Cl)c(Cl)c(Cl)c2)C(F)(F)F)ccc1C(=O)NCc1cnc(Cl)s1. The second-order valence-electron chi connectivity index (χ2n) is 7.01. The zero-order valence-electron chi connectivity index (χ0n) is 16.8. The molecule has 1 heterocycles. The molecule has 0 bridgehead atoms. The van der Waals surface area contributed by atoms with E-state index in [1.54, 1.807) is 31.3 Å². The Labute approximate surface area is 212 Å². The van der Waals surface area contributed by atoms with Gasteiger partial charge >= 0.3 is 6.18 Å². The number of allylic oxidation sites excluding steroid dienone is 1. The van der Waals surface area contributed by atoms with Crippen LogP contribution < -0.4 is 5.32 Å². The maximum absolute atomic E-state index is 13.7. The molecule has 0 radical (unpaired) electrons. The van der Waals surface area contributed by atoms with Gasteiger partial charge in [-0.25, -0.2) is 4.98 Å². The number of thiazole rings is 1. The Bertz CT molecular complexity index is 1190. The number of nitrogens with zero attached hydrogens (tertiary/aromatic N) is 1. The number of hydrogen-bond donors (Lipinski definition) is 1. The first-order valence-corrected chi connectivity index (χ1v) is 11.7. The number of alkyl halides is 3. The van der Waals surface area contributed by atoms with Crippen molar-refractivity contribution in [2.24, 2.45) is 0 Å². The molecule has 3 nitrogen and oxygen atoms in total. The van der Waals surface area contributed by atoms with E-state index in [1.807, 2.05) is 0 Å². The van der Waals surface area contributed by atoms with Crippen LogP contribution in [-0.2, 0) is 6.54 Å². The lowest BCUT2D eigenvalue weighted by Crippen LogP contribution is -2.23. The third-order valence-corrected chi connectivity index (χ3v) is 6.95. The number of hydrogen-bond acceptors (Lipinski definition) is 3. The fourth-order valence-corrected chi connectivity index (χ4v) is 4.58. The predicted octanol–water partition coefficient (Wildman–Crippen LogP) is 8.35. The summed E-state index contributed by atoms with van der Waals surface area (Å²) in [5, 5.41) is 2.64. The van der Waals surface area contributed by atoms with Crippen molar-refractivity contribution < 1.29 is 18.0 Å². The molecule has 1 N–H and O–H groups in total. The van der Waals surface area contributed by atoms with Gasteiger partial charge in [0.15, 0.2) is 4.47 Å². The maximum Gasteiger partial charge on any atom is 0.399 e. The van der Waals surface area contributed by atoms with E-state index >= 15 is 0 Å². The minimum atomic E-state index is -4.58. The van der Waals surface area contributed by atoms with Crippen molar-refractivity contribution in [3.05, 3.63) is 89.3 Å². The molecule has 33 heavy (non-hydrogen) atoms. The van der Waals surface area contributed by atoms with Crippen molar-refractivity contribution in [3.8, 4) is 0 Å². The maximum atomic E-state index is 13.7. The molecule has 0 saturated carbocycles. The first-order chi connectivity index (χ1) is 15.5. The second-order valence-corrected chi connectivity index (χ2v) is 9.90. The lowest BCUT2D eigenvalue weighted by Gasteiger charge is -2.18. The minimum absolute atomic E-state index is 0.00471. The number of benzene rings is 2. The molecule has 1 unspecified atom stereocenters. The lowest BCUT2D eigenvalue weighted by molar-refractivity contribution is -0.139. The van der Waals surface area contributed by atoms with Gasteiger partial charge in [0, 0.05) is 16.6 Å². The summed E-state index contributed by atoms with van der Waals surface area (Å²) in [6.45, 7) is 1.97. The zero-order valence-corrected chi connectivity index (χ0v) is 20.7. The van der Waals surface area contributed by atoms with Crippen LogP contribution in [0, 0.1) is 6.92 Å². The highest BCUT2D eigenvalue weighted by Crippen LogP contribution is 2.41. The zero-order chi connectivity index (χ0) is 24.3. The molecule has 1 aromatic heterocycles. The summed E-state index contributed by atoms with van der Waals surface area (Å²) in [6, 6.07) is 7.05. The number of amides is 1. The van der Waals surface area contributed by atoms with Gasteiger partial charge in [-0.05, 0) is 41.8 Å². The quantitative estimate of drug-likeness (QED) is 0.311. The molecule has 11 heteroatoms. The predicted molar refractivity (Wildman–Crippen MR) is 129 cm³/mol. The van der Waals surface area contributed by atoms with Crippen LogP contribution in [0.25, 0.3) is 6.08 Å². The third kappa shape index (κ3) is 6.64. The molecule has 3 rings (SSSR count). The average Bonchev–Trinajstić information content (AvgIpc) is 3.14. The van der Waals surface area contributed by atoms with Crippen LogP contribution in [0.3, 0.4) is 0 Å². The first-order valence-electron chi connectivity index (χ1n) is 9.34. The van der Waals surface area contributed by atoms with E-state index in [9.17, 15) is 18.0 Å². The average molecular weight is 554 g/mol. The molecular weight excluding hydrogens is 539 g/mol. The normalized spacial score (nSPS) is 12.8. The van der Waals surface area contributed by atoms with Crippen molar-refractivity contribution >= 4 is 69.7 Å². The van der Waals surface area contributed by atoms with Crippen LogP contribution in [0.1, 0.15) is 37.8 Å². The summed E-state index contributed by atoms with van der Waals surface area (Å²) < 4.78 is 41.5. The number of nitrogens with one attached hydrogen (secondary N) is 1. The highest BCUT2D eigenvalue weighted by Gasteiger charge is 2.39. The number of rotatable bonds is 6. The molecule has 0 aliphatic heterocycles. The largest absolute Gasteiger partial charge is 0.399 e. The minimum Gasteiger partial charge on any atom is -0.347 e. The summed E-state index contributed by atoms with van der Waals surface area (Å²) in [5.74, 6) is -2.26. The van der Waals surface area contributed by atoms with Crippen LogP contribution in [0.5, 0.6) is 0 Å². The van der Waals surface area contributed by atoms with Gasteiger partial charge in [-0.15, -0.1) is 11.3 Å². The fourth-order valence-electron chi connectivity index (χ4n) is 3.04. The highest BCUT2D eigenvalue weighted by atomic mass is 35.5. The monoisotopic (exact) mass is 552 g/mol. The molecule has 0 aliphatic carbocycles. The summed E-state index contributed by atoms with van der Waals surface area (Å²) in [5.41, 5.74) is 1.39. The van der Waals surface area contributed by atoms with Crippen LogP contribution in [0.2, 0.25) is 19.5 Å². The van der Waals surface area contributed by atoms with Gasteiger partial charge in [-0.1, -0.05) is 70.7 Å². The van der Waals surface area contributed by atoms with E-state index in [2.05, 4.69) is 10.3 Å². The molecule has 0 saturated heterocycles. The van der Waals surface area contributed by atoms with Gasteiger partial charge < -0.3 is 5.32 Å². The van der Waals surface area contributed by atoms with E-state index in [0.717, 1.165) is 23.1 Å². The van der Waals surface area contributed by atoms with Crippen molar-refractivity contribution in [3.63, 3.8) is 0 Å². The van der Waals surface area contributed by atoms with Gasteiger partial charge in [-0.2, -0.15) is 13.2 Å². The summed E-state index contributed by atoms with van der Waals surface area (Å²) in [4.78, 5) is 17.2. The van der Waals surface area contributed by atoms with Crippen molar-refractivity contribution in [2.45, 2.75) is 25.6 Å². The molecule has 174 valence electrons. The second kappa shape index (κ2) is 10.7. The third-order valence-electron chi connectivity index (χ3n) is 4.64. The molecule has 0 fully saturated rings. The van der Waals surface area contributed by atoms with E-state index < -0.39 is 12.1 Å². The number of carbonyl (C=O) groups excluding carboxylic acids is 1. The van der Waals surface area contributed by atoms with Crippen molar-refractivity contribution in [1.29, 1.82) is 0 Å². The van der Waals surface area contributed by atoms with Crippen molar-refractivity contribution in [1.82, 2.24) is 10.3 Å². The smallest absolute Gasteiger partial charge is 0.347 e. The summed E-state index contributed by atoms with van der Waals surface area (Å²) in [6.07, 6.45) is -0.655. The molecule has 2 aromatic carbocycles. The van der Waals surface area contributed by atoms with Gasteiger partial charge in [-0.3, -0.25) is 4.79 Å². The number of halogens is 7.